The van der Waals surface area contributed by atoms with Crippen LogP contribution in [0.2, 0.25) is 0 Å². The molecule has 120 valence electrons. The number of hydrazone groups is 1. The van der Waals surface area contributed by atoms with Crippen molar-refractivity contribution in [2.24, 2.45) is 11.0 Å². The van der Waals surface area contributed by atoms with Crippen LogP contribution < -0.4 is 10.2 Å². The molecule has 0 aliphatic heterocycles. The van der Waals surface area contributed by atoms with E-state index in [4.69, 9.17) is 4.74 Å². The molecule has 0 aliphatic carbocycles. The van der Waals surface area contributed by atoms with Crippen LogP contribution in [-0.4, -0.2) is 23.2 Å². The minimum atomic E-state index is -0.282. The van der Waals surface area contributed by atoms with Crippen LogP contribution in [0.25, 0.3) is 0 Å². The highest BCUT2D eigenvalue weighted by atomic mass is 16.5. The highest BCUT2D eigenvalue weighted by Crippen LogP contribution is 2.14. The SMILES string of the molecule is C/C(=N\NC(=O)c1cccc(OCC(C)C)c1)c1ccccn1. The summed E-state index contributed by atoms with van der Waals surface area (Å²) in [5.41, 5.74) is 4.41. The molecule has 0 radical (unpaired) electrons. The normalized spacial score (nSPS) is 11.4. The Labute approximate surface area is 136 Å². The van der Waals surface area contributed by atoms with Crippen molar-refractivity contribution >= 4 is 11.6 Å². The number of aromatic nitrogens is 1. The van der Waals surface area contributed by atoms with E-state index in [1.165, 1.54) is 0 Å². The van der Waals surface area contributed by atoms with Gasteiger partial charge in [0.2, 0.25) is 0 Å². The summed E-state index contributed by atoms with van der Waals surface area (Å²) < 4.78 is 5.63. The first-order chi connectivity index (χ1) is 11.1. The van der Waals surface area contributed by atoms with Crippen LogP contribution in [0.5, 0.6) is 5.75 Å². The second-order valence-corrected chi connectivity index (χ2v) is 5.59. The Kier molecular flexibility index (Phi) is 5.86. The summed E-state index contributed by atoms with van der Waals surface area (Å²) in [7, 11) is 0. The van der Waals surface area contributed by atoms with Crippen molar-refractivity contribution in [2.45, 2.75) is 20.8 Å². The van der Waals surface area contributed by atoms with E-state index in [0.717, 1.165) is 5.69 Å². The Hall–Kier alpha value is -2.69. The molecule has 23 heavy (non-hydrogen) atoms. The zero-order chi connectivity index (χ0) is 16.7. The van der Waals surface area contributed by atoms with Crippen LogP contribution in [0.4, 0.5) is 0 Å². The van der Waals surface area contributed by atoms with Gasteiger partial charge in [-0.1, -0.05) is 26.0 Å². The molecule has 1 aromatic heterocycles. The van der Waals surface area contributed by atoms with Gasteiger partial charge in [0.25, 0.3) is 5.91 Å². The quantitative estimate of drug-likeness (QED) is 0.658. The Morgan fingerprint density at radius 3 is 2.78 bits per heavy atom. The Balaban J connectivity index is 2.02. The van der Waals surface area contributed by atoms with Gasteiger partial charge in [0.1, 0.15) is 5.75 Å². The third-order valence-electron chi connectivity index (χ3n) is 3.04. The first-order valence-electron chi connectivity index (χ1n) is 7.55. The van der Waals surface area contributed by atoms with Crippen LogP contribution in [0.3, 0.4) is 0 Å². The first-order valence-corrected chi connectivity index (χ1v) is 7.55. The molecule has 0 atom stereocenters. The zero-order valence-electron chi connectivity index (χ0n) is 13.6. The topological polar surface area (TPSA) is 63.6 Å². The number of amides is 1. The van der Waals surface area contributed by atoms with Gasteiger partial charge in [-0.25, -0.2) is 5.43 Å². The monoisotopic (exact) mass is 311 g/mol. The lowest BCUT2D eigenvalue weighted by atomic mass is 10.2. The second kappa shape index (κ2) is 8.08. The largest absolute Gasteiger partial charge is 0.493 e. The summed E-state index contributed by atoms with van der Waals surface area (Å²) in [6.45, 7) is 6.56. The van der Waals surface area contributed by atoms with E-state index in [0.29, 0.717) is 29.5 Å². The number of nitrogens with one attached hydrogen (secondary N) is 1. The number of nitrogens with zero attached hydrogens (tertiary/aromatic N) is 2. The summed E-state index contributed by atoms with van der Waals surface area (Å²) in [6.07, 6.45) is 1.69. The molecular weight excluding hydrogens is 290 g/mol. The maximum atomic E-state index is 12.2. The van der Waals surface area contributed by atoms with E-state index in [9.17, 15) is 4.79 Å². The zero-order valence-corrected chi connectivity index (χ0v) is 13.6. The average molecular weight is 311 g/mol. The van der Waals surface area contributed by atoms with E-state index in [2.05, 4.69) is 29.4 Å². The Morgan fingerprint density at radius 1 is 1.26 bits per heavy atom. The highest BCUT2D eigenvalue weighted by Gasteiger charge is 2.07. The summed E-state index contributed by atoms with van der Waals surface area (Å²) >= 11 is 0. The van der Waals surface area contributed by atoms with Gasteiger partial charge in [-0.2, -0.15) is 5.10 Å². The number of ether oxygens (including phenoxy) is 1. The number of carbonyl (C=O) groups excluding carboxylic acids is 1. The molecule has 1 heterocycles. The number of carbonyl (C=O) groups is 1. The molecule has 5 nitrogen and oxygen atoms in total. The second-order valence-electron chi connectivity index (χ2n) is 5.59. The maximum Gasteiger partial charge on any atom is 0.271 e. The first kappa shape index (κ1) is 16.7. The van der Waals surface area contributed by atoms with Gasteiger partial charge in [0, 0.05) is 11.8 Å². The third kappa shape index (κ3) is 5.21. The molecule has 2 aromatic rings. The van der Waals surface area contributed by atoms with Crippen LogP contribution in [0.15, 0.2) is 53.8 Å². The van der Waals surface area contributed by atoms with Gasteiger partial charge in [0.05, 0.1) is 18.0 Å². The molecule has 0 spiro atoms. The molecular formula is C18H21N3O2. The van der Waals surface area contributed by atoms with E-state index >= 15 is 0 Å². The van der Waals surface area contributed by atoms with Gasteiger partial charge in [0.15, 0.2) is 0 Å². The molecule has 0 bridgehead atoms. The fourth-order valence-electron chi connectivity index (χ4n) is 1.82. The van der Waals surface area contributed by atoms with Crippen molar-refractivity contribution in [3.63, 3.8) is 0 Å². The molecule has 5 heteroatoms. The third-order valence-corrected chi connectivity index (χ3v) is 3.04. The molecule has 1 N–H and O–H groups in total. The molecule has 0 saturated heterocycles. The van der Waals surface area contributed by atoms with Crippen LogP contribution in [-0.2, 0) is 0 Å². The van der Waals surface area contributed by atoms with Crippen molar-refractivity contribution < 1.29 is 9.53 Å². The predicted octanol–water partition coefficient (Wildman–Crippen LogP) is 3.27. The minimum Gasteiger partial charge on any atom is -0.493 e. The van der Waals surface area contributed by atoms with Crippen molar-refractivity contribution in [3.8, 4) is 5.75 Å². The number of rotatable bonds is 6. The molecule has 0 aliphatic rings. The van der Waals surface area contributed by atoms with Gasteiger partial charge in [-0.05, 0) is 43.2 Å². The Morgan fingerprint density at radius 2 is 2.09 bits per heavy atom. The van der Waals surface area contributed by atoms with Crippen LogP contribution in [0.1, 0.15) is 36.8 Å². The van der Waals surface area contributed by atoms with Gasteiger partial charge >= 0.3 is 0 Å². The molecule has 2 rings (SSSR count). The van der Waals surface area contributed by atoms with Crippen molar-refractivity contribution in [1.82, 2.24) is 10.4 Å². The van der Waals surface area contributed by atoms with E-state index < -0.39 is 0 Å². The summed E-state index contributed by atoms with van der Waals surface area (Å²) in [6, 6.07) is 12.6. The predicted molar refractivity (Wildman–Crippen MR) is 90.7 cm³/mol. The molecule has 1 aromatic carbocycles. The smallest absolute Gasteiger partial charge is 0.271 e. The van der Waals surface area contributed by atoms with Gasteiger partial charge in [-0.15, -0.1) is 0 Å². The molecule has 0 fully saturated rings. The van der Waals surface area contributed by atoms with Crippen LogP contribution >= 0.6 is 0 Å². The number of hydrogen-bond acceptors (Lipinski definition) is 4. The lowest BCUT2D eigenvalue weighted by molar-refractivity contribution is 0.0954. The summed E-state index contributed by atoms with van der Waals surface area (Å²) in [4.78, 5) is 16.4. The molecule has 0 saturated carbocycles. The Bertz CT molecular complexity index is 682. The van der Waals surface area contributed by atoms with Gasteiger partial charge < -0.3 is 4.74 Å². The number of pyridine rings is 1. The average Bonchev–Trinajstić information content (AvgIpc) is 2.58. The fourth-order valence-corrected chi connectivity index (χ4v) is 1.82. The standard InChI is InChI=1S/C18H21N3O2/c1-13(2)12-23-16-8-6-7-15(11-16)18(22)21-20-14(3)17-9-4-5-10-19-17/h4-11,13H,12H2,1-3H3,(H,21,22)/b20-14+. The minimum absolute atomic E-state index is 0.282. The van der Waals surface area contributed by atoms with Crippen molar-refractivity contribution in [3.05, 3.63) is 59.9 Å². The number of hydrogen-bond donors (Lipinski definition) is 1. The molecule has 1 amide bonds. The van der Waals surface area contributed by atoms with Crippen LogP contribution in [0, 0.1) is 5.92 Å². The van der Waals surface area contributed by atoms with E-state index in [1.807, 2.05) is 24.3 Å². The maximum absolute atomic E-state index is 12.2. The molecule has 0 unspecified atom stereocenters. The fraction of sp³-hybridized carbons (Fsp3) is 0.278. The highest BCUT2D eigenvalue weighted by molar-refractivity contribution is 5.99. The van der Waals surface area contributed by atoms with E-state index in [1.54, 1.807) is 31.3 Å². The summed E-state index contributed by atoms with van der Waals surface area (Å²) in [5.74, 6) is 0.824. The van der Waals surface area contributed by atoms with Gasteiger partial charge in [-0.3, -0.25) is 9.78 Å². The van der Waals surface area contributed by atoms with E-state index in [-0.39, 0.29) is 5.91 Å². The lowest BCUT2D eigenvalue weighted by Crippen LogP contribution is -2.19. The number of benzene rings is 1. The van der Waals surface area contributed by atoms with Crippen molar-refractivity contribution in [2.75, 3.05) is 6.61 Å². The lowest BCUT2D eigenvalue weighted by Gasteiger charge is -2.09. The summed E-state index contributed by atoms with van der Waals surface area (Å²) in [5, 5.41) is 4.09. The van der Waals surface area contributed by atoms with Crippen molar-refractivity contribution in [1.29, 1.82) is 0 Å².